The molecule has 0 aliphatic rings. The van der Waals surface area contributed by atoms with Gasteiger partial charge in [-0.05, 0) is 6.92 Å². The van der Waals surface area contributed by atoms with E-state index in [-0.39, 0.29) is 6.07 Å². The number of hydrogen-bond acceptors (Lipinski definition) is 2. The van der Waals surface area contributed by atoms with Crippen molar-refractivity contribution in [3.8, 4) is 0 Å². The lowest BCUT2D eigenvalue weighted by Gasteiger charge is -2.10. The van der Waals surface area contributed by atoms with Crippen molar-refractivity contribution >= 4 is 11.6 Å². The maximum absolute atomic E-state index is 13.0. The summed E-state index contributed by atoms with van der Waals surface area (Å²) in [6.45, 7) is 1.25. The number of amides is 1. The van der Waals surface area contributed by atoms with E-state index in [0.29, 0.717) is 0 Å². The lowest BCUT2D eigenvalue weighted by molar-refractivity contribution is -0.117. The fourth-order valence-electron chi connectivity index (χ4n) is 0.920. The quantitative estimate of drug-likeness (QED) is 0.604. The highest BCUT2D eigenvalue weighted by Crippen LogP contribution is 2.24. The zero-order valence-electron chi connectivity index (χ0n) is 8.15. The highest BCUT2D eigenvalue weighted by Gasteiger charge is 2.21. The molecule has 1 aromatic rings. The molecule has 0 radical (unpaired) electrons. The molecule has 1 amide bonds. The van der Waals surface area contributed by atoms with Crippen molar-refractivity contribution in [2.45, 2.75) is 13.0 Å². The van der Waals surface area contributed by atoms with Crippen LogP contribution in [0.2, 0.25) is 0 Å². The minimum Gasteiger partial charge on any atom is -0.320 e. The summed E-state index contributed by atoms with van der Waals surface area (Å²) in [4.78, 5) is 11.0. The number of benzene rings is 1. The minimum atomic E-state index is -1.67. The molecule has 7 heteroatoms. The molecule has 0 heterocycles. The van der Waals surface area contributed by atoms with Crippen molar-refractivity contribution in [1.29, 1.82) is 0 Å². The zero-order chi connectivity index (χ0) is 12.5. The van der Waals surface area contributed by atoms with Crippen LogP contribution in [0.4, 0.5) is 23.2 Å². The summed E-state index contributed by atoms with van der Waals surface area (Å²) in [6, 6.07) is -1.02. The van der Waals surface area contributed by atoms with Crippen LogP contribution in [0.25, 0.3) is 0 Å². The van der Waals surface area contributed by atoms with Crippen LogP contribution in [0.1, 0.15) is 6.92 Å². The highest BCUT2D eigenvalue weighted by atomic mass is 19.2. The lowest BCUT2D eigenvalue weighted by Crippen LogP contribution is -2.33. The van der Waals surface area contributed by atoms with Crippen molar-refractivity contribution < 1.29 is 22.4 Å². The number of carbonyl (C=O) groups is 1. The first-order chi connectivity index (χ1) is 7.34. The number of carbonyl (C=O) groups excluding carboxylic acids is 1. The van der Waals surface area contributed by atoms with E-state index >= 15 is 0 Å². The van der Waals surface area contributed by atoms with Crippen molar-refractivity contribution in [3.05, 3.63) is 29.3 Å². The average Bonchev–Trinajstić information content (AvgIpc) is 2.21. The number of nitrogens with one attached hydrogen (secondary N) is 1. The van der Waals surface area contributed by atoms with E-state index in [4.69, 9.17) is 5.73 Å². The van der Waals surface area contributed by atoms with E-state index in [9.17, 15) is 22.4 Å². The molecule has 88 valence electrons. The third-order valence-electron chi connectivity index (χ3n) is 1.77. The predicted octanol–water partition coefficient (Wildman–Crippen LogP) is 1.53. The number of nitrogens with two attached hydrogens (primary N) is 1. The summed E-state index contributed by atoms with van der Waals surface area (Å²) >= 11 is 0. The van der Waals surface area contributed by atoms with Gasteiger partial charge in [0.05, 0.1) is 6.04 Å². The van der Waals surface area contributed by atoms with Crippen LogP contribution in [0.5, 0.6) is 0 Å². The van der Waals surface area contributed by atoms with E-state index in [2.05, 4.69) is 0 Å². The van der Waals surface area contributed by atoms with E-state index in [0.717, 1.165) is 0 Å². The van der Waals surface area contributed by atoms with Crippen LogP contribution in [-0.4, -0.2) is 11.9 Å². The molecule has 16 heavy (non-hydrogen) atoms. The van der Waals surface area contributed by atoms with Gasteiger partial charge in [-0.1, -0.05) is 0 Å². The molecule has 0 fully saturated rings. The standard InChI is InChI=1S/C9H8F4N2O/c1-3(14)9(16)15-8-6(12)4(10)2-5(11)7(8)13/h2-3H,14H2,1H3,(H,15,16)/t3-/m0/s1. The minimum absolute atomic E-state index is 0.0478. The molecule has 0 aromatic heterocycles. The zero-order valence-corrected chi connectivity index (χ0v) is 8.15. The third kappa shape index (κ3) is 2.30. The highest BCUT2D eigenvalue weighted by molar-refractivity contribution is 5.94. The van der Waals surface area contributed by atoms with Gasteiger partial charge in [-0.15, -0.1) is 0 Å². The largest absolute Gasteiger partial charge is 0.320 e. The molecular formula is C9H8F4N2O. The number of anilines is 1. The average molecular weight is 236 g/mol. The summed E-state index contributed by atoms with van der Waals surface area (Å²) in [6.07, 6.45) is 0. The molecule has 0 unspecified atom stereocenters. The molecule has 0 spiro atoms. The van der Waals surface area contributed by atoms with Crippen LogP contribution < -0.4 is 11.1 Å². The molecule has 1 rings (SSSR count). The monoisotopic (exact) mass is 236 g/mol. The first-order valence-corrected chi connectivity index (χ1v) is 4.24. The summed E-state index contributed by atoms with van der Waals surface area (Å²) in [5, 5.41) is 1.67. The SMILES string of the molecule is C[C@H](N)C(=O)Nc1c(F)c(F)cc(F)c1F. The van der Waals surface area contributed by atoms with Gasteiger partial charge in [-0.3, -0.25) is 4.79 Å². The summed E-state index contributed by atoms with van der Waals surface area (Å²) < 4.78 is 51.5. The Bertz CT molecular complexity index is 408. The molecular weight excluding hydrogens is 228 g/mol. The Morgan fingerprint density at radius 3 is 2.06 bits per heavy atom. The van der Waals surface area contributed by atoms with E-state index in [1.807, 2.05) is 0 Å². The predicted molar refractivity (Wildman–Crippen MR) is 48.6 cm³/mol. The van der Waals surface area contributed by atoms with Crippen molar-refractivity contribution in [3.63, 3.8) is 0 Å². The molecule has 1 atom stereocenters. The summed E-state index contributed by atoms with van der Waals surface area (Å²) in [7, 11) is 0. The van der Waals surface area contributed by atoms with Crippen LogP contribution in [0, 0.1) is 23.3 Å². The fraction of sp³-hybridized carbons (Fsp3) is 0.222. The maximum atomic E-state index is 13.0. The van der Waals surface area contributed by atoms with E-state index < -0.39 is 40.9 Å². The van der Waals surface area contributed by atoms with E-state index in [1.165, 1.54) is 6.92 Å². The summed E-state index contributed by atoms with van der Waals surface area (Å²) in [5.74, 6) is -7.50. The normalized spacial score (nSPS) is 12.4. The van der Waals surface area contributed by atoms with Gasteiger partial charge in [0.25, 0.3) is 0 Å². The molecule has 3 N–H and O–H groups in total. The Balaban J connectivity index is 3.18. The topological polar surface area (TPSA) is 55.1 Å². The van der Waals surface area contributed by atoms with Gasteiger partial charge in [0.2, 0.25) is 5.91 Å². The molecule has 0 saturated heterocycles. The number of hydrogen-bond donors (Lipinski definition) is 2. The Hall–Kier alpha value is -1.63. The van der Waals surface area contributed by atoms with Crippen molar-refractivity contribution in [2.75, 3.05) is 5.32 Å². The van der Waals surface area contributed by atoms with Crippen LogP contribution in [0.15, 0.2) is 6.07 Å². The fourth-order valence-corrected chi connectivity index (χ4v) is 0.920. The number of rotatable bonds is 2. The van der Waals surface area contributed by atoms with Gasteiger partial charge in [-0.2, -0.15) is 0 Å². The maximum Gasteiger partial charge on any atom is 0.241 e. The smallest absolute Gasteiger partial charge is 0.241 e. The molecule has 0 aliphatic heterocycles. The van der Waals surface area contributed by atoms with Crippen LogP contribution in [0.3, 0.4) is 0 Å². The molecule has 1 aromatic carbocycles. The molecule has 3 nitrogen and oxygen atoms in total. The Labute approximate surface area is 88.2 Å². The van der Waals surface area contributed by atoms with Gasteiger partial charge in [0.15, 0.2) is 23.3 Å². The lowest BCUT2D eigenvalue weighted by atomic mass is 10.2. The van der Waals surface area contributed by atoms with Gasteiger partial charge in [0.1, 0.15) is 5.69 Å². The second kappa shape index (κ2) is 4.48. The van der Waals surface area contributed by atoms with Crippen molar-refractivity contribution in [1.82, 2.24) is 0 Å². The van der Waals surface area contributed by atoms with Gasteiger partial charge < -0.3 is 11.1 Å². The number of halogens is 4. The van der Waals surface area contributed by atoms with Crippen molar-refractivity contribution in [2.24, 2.45) is 5.73 Å². The third-order valence-corrected chi connectivity index (χ3v) is 1.77. The summed E-state index contributed by atoms with van der Waals surface area (Å²) in [5.41, 5.74) is 3.93. The second-order valence-electron chi connectivity index (χ2n) is 3.12. The molecule has 0 saturated carbocycles. The Kier molecular flexibility index (Phi) is 3.48. The van der Waals surface area contributed by atoms with Gasteiger partial charge >= 0.3 is 0 Å². The van der Waals surface area contributed by atoms with Gasteiger partial charge in [0, 0.05) is 6.07 Å². The Morgan fingerprint density at radius 2 is 1.69 bits per heavy atom. The van der Waals surface area contributed by atoms with E-state index in [1.54, 1.807) is 5.32 Å². The van der Waals surface area contributed by atoms with Crippen LogP contribution in [-0.2, 0) is 4.79 Å². The molecule has 0 aliphatic carbocycles. The first kappa shape index (κ1) is 12.4. The van der Waals surface area contributed by atoms with Gasteiger partial charge in [-0.25, -0.2) is 17.6 Å². The van der Waals surface area contributed by atoms with Crippen LogP contribution >= 0.6 is 0 Å². The Morgan fingerprint density at radius 1 is 1.25 bits per heavy atom. The first-order valence-electron chi connectivity index (χ1n) is 4.24. The second-order valence-corrected chi connectivity index (χ2v) is 3.12. The molecule has 0 bridgehead atoms.